The van der Waals surface area contributed by atoms with Crippen LogP contribution in [0.1, 0.15) is 83.4 Å². The maximum absolute atomic E-state index is 12.7. The summed E-state index contributed by atoms with van der Waals surface area (Å²) in [6.45, 7) is 12.9. The zero-order valence-corrected chi connectivity index (χ0v) is 75.3. The highest BCUT2D eigenvalue weighted by atomic mass is 79.9. The Bertz CT molecular complexity index is 4090. The maximum Gasteiger partial charge on any atom is 0.335 e. The monoisotopic (exact) mass is 1950 g/mol. The molecule has 44 nitrogen and oxygen atoms in total. The Morgan fingerprint density at radius 2 is 0.656 bits per heavy atom. The Hall–Kier alpha value is -9.22. The first-order valence-electron chi connectivity index (χ1n) is 39.9. The minimum absolute atomic E-state index is 0. The predicted molar refractivity (Wildman–Crippen MR) is 459 cm³/mol. The summed E-state index contributed by atoms with van der Waals surface area (Å²) < 4.78 is 64.8. The van der Waals surface area contributed by atoms with Crippen LogP contribution in [0, 0.1) is 22.3 Å². The van der Waals surface area contributed by atoms with Gasteiger partial charge in [-0.25, -0.2) is 14.4 Å². The van der Waals surface area contributed by atoms with Gasteiger partial charge >= 0.3 is 17.9 Å². The predicted octanol–water partition coefficient (Wildman–Crippen LogP) is -0.711. The number of rotatable bonds is 47. The van der Waals surface area contributed by atoms with Crippen LogP contribution in [0.5, 0.6) is 17.2 Å². The Labute approximate surface area is 756 Å². The van der Waals surface area contributed by atoms with E-state index < -0.39 is 134 Å². The van der Waals surface area contributed by atoms with E-state index in [1.807, 2.05) is 34.6 Å². The molecule has 0 unspecified atom stereocenters. The summed E-state index contributed by atoms with van der Waals surface area (Å²) in [5.74, 6) is -8.02. The fourth-order valence-corrected chi connectivity index (χ4v) is 12.3. The lowest BCUT2D eigenvalue weighted by atomic mass is 9.99. The van der Waals surface area contributed by atoms with Gasteiger partial charge in [0.2, 0.25) is 48.4 Å². The largest absolute Gasteiger partial charge is 0.479 e. The van der Waals surface area contributed by atoms with Gasteiger partial charge in [-0.2, -0.15) is 0 Å². The first-order valence-corrected chi connectivity index (χ1v) is 41.4. The van der Waals surface area contributed by atoms with Gasteiger partial charge in [0.1, 0.15) is 81.1 Å². The molecule has 0 aromatic heterocycles. The number of aliphatic carboxylic acids is 3. The number of aliphatic hydroxyl groups is 9. The molecule has 3 aromatic rings. The van der Waals surface area contributed by atoms with Crippen LogP contribution in [0.4, 0.5) is 17.1 Å². The van der Waals surface area contributed by atoms with E-state index in [-0.39, 0.29) is 239 Å². The third kappa shape index (κ3) is 36.3. The highest BCUT2D eigenvalue weighted by Gasteiger charge is 2.51. The third-order valence-electron chi connectivity index (χ3n) is 18.4. The molecule has 3 aromatic carbocycles. The van der Waals surface area contributed by atoms with Crippen molar-refractivity contribution in [1.29, 1.82) is 0 Å². The SMILES string of the molecule is CC.CCc1ccc(O[C@@H]2O[C@H](C(=O)O)[C@@H](O)[C@H](O)[C@H]2O)c(NC(=O)CCN)c1.CCc1ccc(O[C@@H]2O[C@H](C(=O)O)[C@@H](O)[C@H](O)[C@H]2O)c(NC(=O)CCNC(=O)CCOCCOCCOCCN2C(=O)C(Br)=C(Br)C2=O)c1.CCc1ccc(O[C@@H]2O[C@H](C(=O)O)[C@@H](O)[C@H](O)[C@H]2O)c(NC(=O)CCNC(=O)CCOCCOCCOCCN2C(=O)C=CC2=O)c1.[CH3-].[CH3-].[CH3-]. The van der Waals surface area contributed by atoms with E-state index in [0.717, 1.165) is 26.5 Å². The molecule has 5 aliphatic heterocycles. The quantitative estimate of drug-likeness (QED) is 0.0189. The number of nitrogens with two attached hydrogens (primary N) is 1. The summed E-state index contributed by atoms with van der Waals surface area (Å²) in [5, 5.41) is 131. The van der Waals surface area contributed by atoms with Gasteiger partial charge in [0.05, 0.1) is 109 Å². The minimum Gasteiger partial charge on any atom is -0.479 e. The van der Waals surface area contributed by atoms with Crippen LogP contribution in [-0.2, 0) is 119 Å². The summed E-state index contributed by atoms with van der Waals surface area (Å²) in [4.78, 5) is 144. The van der Waals surface area contributed by atoms with Crippen molar-refractivity contribution in [2.24, 2.45) is 5.73 Å². The van der Waals surface area contributed by atoms with Crippen LogP contribution in [0.25, 0.3) is 0 Å². The first-order chi connectivity index (χ1) is 59.6. The molecule has 19 N–H and O–H groups in total. The van der Waals surface area contributed by atoms with Gasteiger partial charge in [0, 0.05) is 63.9 Å². The maximum atomic E-state index is 12.7. The second kappa shape index (κ2) is 59.9. The van der Waals surface area contributed by atoms with E-state index in [2.05, 4.69) is 58.4 Å². The number of imide groups is 2. The van der Waals surface area contributed by atoms with Crippen LogP contribution < -0.4 is 46.5 Å². The standard InChI is InChI=1S/C30H39Br2N3O14.C30H41N3O14.C17H24N2O8.C2H6.3CH3/c1-2-16-3-4-18(48-30-25(40)23(38)24(39)26(49-30)29(43)44)17(15-16)34-20(37)5-7-33-19(36)6-9-45-11-13-47-14-12-46-10-8-35-27(41)21(31)22(32)28(35)42;1-2-18-3-4-20(46-30-27(40)25(38)26(39)28(47-30)29(41)42)19(17-18)32-22(35)7-9-31-21(34)8-11-43-13-15-45-16-14-44-12-10-33-23(36)5-6-24(33)37;1-2-8-3-4-10(9(7-8)19-11(20)5-6-18)26-17-14(23)12(21)13(22)15(27-17)16(24)25;1-2;;;/h3-4,15,23-26,30,38-40H,2,5-14H2,1H3,(H,33,36)(H,34,37)(H,43,44);3-6,17,25-28,30,38-40H,2,7-16H2,1H3,(H,31,34)(H,32,35)(H,41,42);3-4,7,12-15,17,21-23H,2,5-6,18H2,1H3,(H,19,20)(H,24,25);1-2H3;3*1H3/q;;;;3*-1/t23-,24-,25+,26-,30+;25-,26-,27+,28-,30+;12-,13-,14+,15-,17+;;;;/m000..../s1. The molecule has 720 valence electrons. The Kier molecular flexibility index (Phi) is 53.7. The molecule has 3 fully saturated rings. The van der Waals surface area contributed by atoms with Gasteiger partial charge in [0.25, 0.3) is 23.6 Å². The summed E-state index contributed by atoms with van der Waals surface area (Å²) in [6, 6.07) is 14.5. The number of hydrogen-bond acceptors (Lipinski definition) is 34. The normalized spacial score (nSPS) is 22.7. The van der Waals surface area contributed by atoms with Crippen molar-refractivity contribution in [2.45, 2.75) is 178 Å². The number of nitrogens with one attached hydrogen (secondary N) is 5. The lowest BCUT2D eigenvalue weighted by molar-refractivity contribution is -0.271. The number of halogens is 2. The molecule has 3 saturated heterocycles. The molecule has 15 atom stereocenters. The van der Waals surface area contributed by atoms with Crippen LogP contribution in [0.2, 0.25) is 0 Å². The van der Waals surface area contributed by atoms with Gasteiger partial charge < -0.3 is 173 Å². The zero-order valence-electron chi connectivity index (χ0n) is 72.1. The van der Waals surface area contributed by atoms with Crippen molar-refractivity contribution in [1.82, 2.24) is 20.4 Å². The van der Waals surface area contributed by atoms with E-state index in [0.29, 0.717) is 19.3 Å². The van der Waals surface area contributed by atoms with Gasteiger partial charge in [-0.15, -0.1) is 0 Å². The summed E-state index contributed by atoms with van der Waals surface area (Å²) in [7, 11) is 0. The van der Waals surface area contributed by atoms with E-state index in [9.17, 15) is 114 Å². The van der Waals surface area contributed by atoms with Gasteiger partial charge in [-0.05, 0) is 104 Å². The fourth-order valence-electron chi connectivity index (χ4n) is 11.5. The number of carbonyl (C=O) groups is 12. The van der Waals surface area contributed by atoms with Crippen molar-refractivity contribution >= 4 is 120 Å². The molecular formula is C82H119Br2N8O36-3. The number of ether oxygens (including phenoxy) is 12. The smallest absolute Gasteiger partial charge is 0.335 e. The van der Waals surface area contributed by atoms with Crippen molar-refractivity contribution in [3.63, 3.8) is 0 Å². The van der Waals surface area contributed by atoms with Crippen LogP contribution in [-0.4, -0.2) is 346 Å². The molecule has 5 heterocycles. The lowest BCUT2D eigenvalue weighted by Crippen LogP contribution is -2.61. The number of carbonyl (C=O) groups excluding carboxylic acids is 9. The molecule has 128 heavy (non-hydrogen) atoms. The molecule has 0 radical (unpaired) electrons. The molecule has 8 rings (SSSR count). The van der Waals surface area contributed by atoms with Gasteiger partial charge in [-0.3, -0.25) is 53.0 Å². The van der Waals surface area contributed by atoms with Gasteiger partial charge in [-0.1, -0.05) is 52.8 Å². The number of carboxylic acid groups (broad SMARTS) is 3. The average molecular weight is 1950 g/mol. The lowest BCUT2D eigenvalue weighted by Gasteiger charge is -2.38. The second-order valence-electron chi connectivity index (χ2n) is 27.2. The number of aryl methyl sites for hydroxylation is 3. The topological polar surface area (TPSA) is 651 Å². The third-order valence-corrected chi connectivity index (χ3v) is 20.4. The van der Waals surface area contributed by atoms with Crippen molar-refractivity contribution < 1.29 is 176 Å². The van der Waals surface area contributed by atoms with Crippen molar-refractivity contribution in [2.75, 3.05) is 128 Å². The number of carboxylic acids is 3. The minimum atomic E-state index is -1.88. The Morgan fingerprint density at radius 1 is 0.383 bits per heavy atom. The average Bonchev–Trinajstić information content (AvgIpc) is 1.10. The Morgan fingerprint density at radius 3 is 0.938 bits per heavy atom. The van der Waals surface area contributed by atoms with Crippen molar-refractivity contribution in [3.05, 3.63) is 115 Å². The Balaban J connectivity index is 0.000000660. The van der Waals surface area contributed by atoms with E-state index in [1.165, 1.54) is 30.4 Å². The molecule has 5 aliphatic rings. The summed E-state index contributed by atoms with van der Waals surface area (Å²) in [6.07, 6.45) is -22.3. The number of benzene rings is 3. The van der Waals surface area contributed by atoms with E-state index >= 15 is 0 Å². The fraction of sp³-hybridized carbons (Fsp3) is 0.549. The van der Waals surface area contributed by atoms with Crippen molar-refractivity contribution in [3.8, 4) is 17.2 Å². The molecule has 0 aliphatic carbocycles. The second-order valence-corrected chi connectivity index (χ2v) is 28.8. The number of amides is 9. The van der Waals surface area contributed by atoms with E-state index in [1.54, 1.807) is 36.4 Å². The molecule has 46 heteroatoms. The zero-order chi connectivity index (χ0) is 92.6. The number of aliphatic hydroxyl groups excluding tert-OH is 9. The highest BCUT2D eigenvalue weighted by Crippen LogP contribution is 2.36. The first kappa shape index (κ1) is 115. The number of nitrogens with zero attached hydrogens (tertiary/aromatic N) is 2. The number of hydrogen-bond donors (Lipinski definition) is 18. The van der Waals surface area contributed by atoms with Gasteiger partial charge in [0.15, 0.2) is 18.3 Å². The highest BCUT2D eigenvalue weighted by molar-refractivity contribution is 9.14. The molecule has 0 spiro atoms. The molecular weight excluding hydrogens is 1830 g/mol. The van der Waals surface area contributed by atoms with Crippen LogP contribution in [0.15, 0.2) is 75.7 Å². The molecule has 0 bridgehead atoms. The molecule has 0 saturated carbocycles. The van der Waals surface area contributed by atoms with Crippen LogP contribution in [0.3, 0.4) is 0 Å². The number of anilines is 3. The van der Waals surface area contributed by atoms with E-state index in [4.69, 9.17) is 67.7 Å². The summed E-state index contributed by atoms with van der Waals surface area (Å²) >= 11 is 6.11. The molecule has 9 amide bonds. The summed E-state index contributed by atoms with van der Waals surface area (Å²) in [5.41, 5.74) is 8.58. The van der Waals surface area contributed by atoms with Crippen LogP contribution >= 0.6 is 31.9 Å².